The zero-order valence-electron chi connectivity index (χ0n) is 9.79. The summed E-state index contributed by atoms with van der Waals surface area (Å²) in [7, 11) is 3.92. The molecule has 0 fully saturated rings. The van der Waals surface area contributed by atoms with Crippen LogP contribution < -0.4 is 4.74 Å². The Hall–Kier alpha value is -1.06. The summed E-state index contributed by atoms with van der Waals surface area (Å²) in [6, 6.07) is 5.19. The number of Topliss-reactive ketones (excluding diaryl/α,β-unsaturated/α-hetero) is 1. The van der Waals surface area contributed by atoms with Crippen LogP contribution in [0.3, 0.4) is 0 Å². The number of carbonyl (C=O) groups excluding carboxylic acids is 1. The van der Waals surface area contributed by atoms with Crippen molar-refractivity contribution in [2.24, 2.45) is 0 Å². The van der Waals surface area contributed by atoms with Gasteiger partial charge in [-0.2, -0.15) is 0 Å². The number of benzene rings is 1. The van der Waals surface area contributed by atoms with Gasteiger partial charge >= 0.3 is 0 Å². The van der Waals surface area contributed by atoms with Crippen LogP contribution in [0.2, 0.25) is 5.02 Å². The Morgan fingerprint density at radius 3 is 2.69 bits per heavy atom. The van der Waals surface area contributed by atoms with Gasteiger partial charge in [-0.25, -0.2) is 0 Å². The molecule has 0 aromatic heterocycles. The van der Waals surface area contributed by atoms with E-state index in [2.05, 4.69) is 0 Å². The number of hydrogen-bond acceptors (Lipinski definition) is 3. The zero-order valence-corrected chi connectivity index (χ0v) is 10.5. The molecular weight excluding hydrogens is 226 g/mol. The maximum absolute atomic E-state index is 11.4. The van der Waals surface area contributed by atoms with Crippen LogP contribution >= 0.6 is 11.6 Å². The van der Waals surface area contributed by atoms with Crippen LogP contribution in [0.15, 0.2) is 18.2 Å². The summed E-state index contributed by atoms with van der Waals surface area (Å²) in [5.41, 5.74) is 0.534. The number of ketones is 1. The lowest BCUT2D eigenvalue weighted by atomic mass is 10.1. The molecule has 0 aliphatic carbocycles. The van der Waals surface area contributed by atoms with E-state index in [1.165, 1.54) is 6.92 Å². The van der Waals surface area contributed by atoms with Crippen LogP contribution in [0, 0.1) is 0 Å². The third kappa shape index (κ3) is 3.51. The third-order valence-electron chi connectivity index (χ3n) is 2.13. The number of carbonyl (C=O) groups is 1. The molecule has 16 heavy (non-hydrogen) atoms. The smallest absolute Gasteiger partial charge is 0.163 e. The van der Waals surface area contributed by atoms with E-state index in [4.69, 9.17) is 16.3 Å². The van der Waals surface area contributed by atoms with Gasteiger partial charge in [0, 0.05) is 6.54 Å². The number of ether oxygens (including phenoxy) is 1. The number of para-hydroxylation sites is 1. The average molecular weight is 242 g/mol. The summed E-state index contributed by atoms with van der Waals surface area (Å²) in [5.74, 6) is 0.445. The molecule has 0 saturated heterocycles. The van der Waals surface area contributed by atoms with Crippen molar-refractivity contribution in [1.82, 2.24) is 4.90 Å². The van der Waals surface area contributed by atoms with Gasteiger partial charge in [0.05, 0.1) is 10.6 Å². The van der Waals surface area contributed by atoms with Gasteiger partial charge in [0.2, 0.25) is 0 Å². The average Bonchev–Trinajstić information content (AvgIpc) is 2.19. The Morgan fingerprint density at radius 1 is 1.44 bits per heavy atom. The highest BCUT2D eigenvalue weighted by Crippen LogP contribution is 2.28. The SMILES string of the molecule is CC(=O)c1cccc(Cl)c1OCCN(C)C. The fourth-order valence-corrected chi connectivity index (χ4v) is 1.49. The van der Waals surface area contributed by atoms with Crippen molar-refractivity contribution in [2.45, 2.75) is 6.92 Å². The molecule has 0 N–H and O–H groups in total. The Bertz CT molecular complexity index is 377. The van der Waals surface area contributed by atoms with Gasteiger partial charge in [0.15, 0.2) is 5.78 Å². The standard InChI is InChI=1S/C12H16ClNO2/c1-9(15)10-5-4-6-11(13)12(10)16-8-7-14(2)3/h4-6H,7-8H2,1-3H3. The van der Waals surface area contributed by atoms with E-state index >= 15 is 0 Å². The van der Waals surface area contributed by atoms with Crippen LogP contribution in [0.1, 0.15) is 17.3 Å². The van der Waals surface area contributed by atoms with Gasteiger partial charge in [-0.3, -0.25) is 4.79 Å². The molecule has 1 rings (SSSR count). The van der Waals surface area contributed by atoms with E-state index < -0.39 is 0 Å². The second kappa shape index (κ2) is 5.87. The Morgan fingerprint density at radius 2 is 2.12 bits per heavy atom. The molecule has 0 aliphatic rings. The monoisotopic (exact) mass is 241 g/mol. The summed E-state index contributed by atoms with van der Waals surface area (Å²) in [6.45, 7) is 2.80. The van der Waals surface area contributed by atoms with Gasteiger partial charge < -0.3 is 9.64 Å². The van der Waals surface area contributed by atoms with Gasteiger partial charge in [0.1, 0.15) is 12.4 Å². The topological polar surface area (TPSA) is 29.5 Å². The molecular formula is C12H16ClNO2. The van der Waals surface area contributed by atoms with Crippen molar-refractivity contribution in [2.75, 3.05) is 27.2 Å². The highest BCUT2D eigenvalue weighted by atomic mass is 35.5. The first-order valence-electron chi connectivity index (χ1n) is 5.09. The molecule has 0 unspecified atom stereocenters. The molecule has 0 radical (unpaired) electrons. The maximum atomic E-state index is 11.4. The largest absolute Gasteiger partial charge is 0.490 e. The molecule has 4 heteroatoms. The van der Waals surface area contributed by atoms with Crippen LogP contribution in [0.4, 0.5) is 0 Å². The molecule has 0 spiro atoms. The predicted molar refractivity (Wildman–Crippen MR) is 65.5 cm³/mol. The number of hydrogen-bond donors (Lipinski definition) is 0. The first-order chi connectivity index (χ1) is 7.52. The number of rotatable bonds is 5. The van der Waals surface area contributed by atoms with E-state index in [9.17, 15) is 4.79 Å². The quantitative estimate of drug-likeness (QED) is 0.742. The van der Waals surface area contributed by atoms with E-state index in [0.29, 0.717) is 22.9 Å². The first kappa shape index (κ1) is 13.0. The number of halogens is 1. The lowest BCUT2D eigenvalue weighted by Crippen LogP contribution is -2.20. The van der Waals surface area contributed by atoms with Crippen molar-refractivity contribution in [3.63, 3.8) is 0 Å². The van der Waals surface area contributed by atoms with Gasteiger partial charge in [-0.05, 0) is 33.2 Å². The van der Waals surface area contributed by atoms with Gasteiger partial charge in [0.25, 0.3) is 0 Å². The van der Waals surface area contributed by atoms with Crippen molar-refractivity contribution < 1.29 is 9.53 Å². The molecule has 0 amide bonds. The lowest BCUT2D eigenvalue weighted by Gasteiger charge is -2.14. The second-order valence-electron chi connectivity index (χ2n) is 3.82. The zero-order chi connectivity index (χ0) is 12.1. The molecule has 0 bridgehead atoms. The Balaban J connectivity index is 2.80. The summed E-state index contributed by atoms with van der Waals surface area (Å²) < 4.78 is 5.55. The maximum Gasteiger partial charge on any atom is 0.163 e. The normalized spacial score (nSPS) is 10.6. The van der Waals surface area contributed by atoms with Crippen molar-refractivity contribution in [1.29, 1.82) is 0 Å². The fraction of sp³-hybridized carbons (Fsp3) is 0.417. The van der Waals surface area contributed by atoms with Gasteiger partial charge in [-0.1, -0.05) is 17.7 Å². The van der Waals surface area contributed by atoms with E-state index in [1.807, 2.05) is 19.0 Å². The third-order valence-corrected chi connectivity index (χ3v) is 2.43. The summed E-state index contributed by atoms with van der Waals surface area (Å²) in [4.78, 5) is 13.4. The van der Waals surface area contributed by atoms with Crippen molar-refractivity contribution >= 4 is 17.4 Å². The number of likely N-dealkylation sites (N-methyl/N-ethyl adjacent to an activating group) is 1. The fourth-order valence-electron chi connectivity index (χ4n) is 1.26. The molecule has 3 nitrogen and oxygen atoms in total. The molecule has 88 valence electrons. The minimum absolute atomic E-state index is 0.0395. The predicted octanol–water partition coefficient (Wildman–Crippen LogP) is 2.48. The Kier molecular flexibility index (Phi) is 4.77. The van der Waals surface area contributed by atoms with Crippen LogP contribution in [0.5, 0.6) is 5.75 Å². The van der Waals surface area contributed by atoms with Crippen LogP contribution in [-0.2, 0) is 0 Å². The van der Waals surface area contributed by atoms with E-state index in [1.54, 1.807) is 18.2 Å². The van der Waals surface area contributed by atoms with Crippen molar-refractivity contribution in [3.8, 4) is 5.75 Å². The lowest BCUT2D eigenvalue weighted by molar-refractivity contribution is 0.101. The summed E-state index contributed by atoms with van der Waals surface area (Å²) in [6.07, 6.45) is 0. The molecule has 1 aromatic carbocycles. The molecule has 0 saturated carbocycles. The van der Waals surface area contributed by atoms with Crippen LogP contribution in [0.25, 0.3) is 0 Å². The molecule has 0 atom stereocenters. The van der Waals surface area contributed by atoms with E-state index in [-0.39, 0.29) is 5.78 Å². The van der Waals surface area contributed by atoms with E-state index in [0.717, 1.165) is 6.54 Å². The first-order valence-corrected chi connectivity index (χ1v) is 5.47. The van der Waals surface area contributed by atoms with Gasteiger partial charge in [-0.15, -0.1) is 0 Å². The molecule has 1 aromatic rings. The highest BCUT2D eigenvalue weighted by molar-refractivity contribution is 6.32. The Labute approximate surface area is 101 Å². The van der Waals surface area contributed by atoms with Crippen molar-refractivity contribution in [3.05, 3.63) is 28.8 Å². The minimum atomic E-state index is -0.0395. The minimum Gasteiger partial charge on any atom is -0.490 e. The molecule has 0 aliphatic heterocycles. The number of nitrogens with zero attached hydrogens (tertiary/aromatic N) is 1. The highest BCUT2D eigenvalue weighted by Gasteiger charge is 2.11. The van der Waals surface area contributed by atoms with Crippen LogP contribution in [-0.4, -0.2) is 37.9 Å². The second-order valence-corrected chi connectivity index (χ2v) is 4.23. The molecule has 0 heterocycles. The summed E-state index contributed by atoms with van der Waals surface area (Å²) in [5, 5.41) is 0.478. The summed E-state index contributed by atoms with van der Waals surface area (Å²) >= 11 is 6.00.